The number of hydrazone groups is 1. The van der Waals surface area contributed by atoms with Crippen molar-refractivity contribution >= 4 is 35.6 Å². The van der Waals surface area contributed by atoms with E-state index >= 15 is 0 Å². The van der Waals surface area contributed by atoms with Gasteiger partial charge >= 0.3 is 5.97 Å². The van der Waals surface area contributed by atoms with Crippen molar-refractivity contribution in [1.29, 1.82) is 0 Å². The van der Waals surface area contributed by atoms with Gasteiger partial charge in [0.2, 0.25) is 0 Å². The molecular weight excluding hydrogens is 446 g/mol. The molecule has 2 amide bonds. The summed E-state index contributed by atoms with van der Waals surface area (Å²) in [6.45, 7) is 7.26. The smallest absolute Gasteiger partial charge is 0.347 e. The van der Waals surface area contributed by atoms with Crippen molar-refractivity contribution in [3.63, 3.8) is 0 Å². The Morgan fingerprint density at radius 1 is 1.06 bits per heavy atom. The molecule has 9 heteroatoms. The van der Waals surface area contributed by atoms with Gasteiger partial charge in [-0.2, -0.15) is 5.10 Å². The number of rotatable bonds is 10. The van der Waals surface area contributed by atoms with E-state index in [0.717, 1.165) is 0 Å². The Balaban J connectivity index is 1.94. The first-order chi connectivity index (χ1) is 15.7. The summed E-state index contributed by atoms with van der Waals surface area (Å²) in [5.41, 5.74) is 3.44. The molecule has 33 heavy (non-hydrogen) atoms. The number of nitrogens with zero attached hydrogens (tertiary/aromatic N) is 1. The fourth-order valence-corrected chi connectivity index (χ4v) is 3.01. The molecule has 2 atom stereocenters. The molecule has 0 aromatic heterocycles. The van der Waals surface area contributed by atoms with Gasteiger partial charge in [0.15, 0.2) is 6.10 Å². The first-order valence-electron chi connectivity index (χ1n) is 10.5. The lowest BCUT2D eigenvalue weighted by atomic mass is 10.0. The number of halogens is 1. The summed E-state index contributed by atoms with van der Waals surface area (Å²) >= 11 is 6.06. The van der Waals surface area contributed by atoms with Crippen molar-refractivity contribution in [1.82, 2.24) is 10.7 Å². The molecule has 0 saturated heterocycles. The highest BCUT2D eigenvalue weighted by Crippen LogP contribution is 2.16. The van der Waals surface area contributed by atoms with Crippen LogP contribution in [0.5, 0.6) is 5.75 Å². The first kappa shape index (κ1) is 25.9. The summed E-state index contributed by atoms with van der Waals surface area (Å²) in [5, 5.41) is 6.98. The lowest BCUT2D eigenvalue weighted by Crippen LogP contribution is -2.48. The van der Waals surface area contributed by atoms with Crippen LogP contribution in [0.2, 0.25) is 5.02 Å². The van der Waals surface area contributed by atoms with Crippen molar-refractivity contribution in [2.45, 2.75) is 39.8 Å². The number of nitrogens with one attached hydrogen (secondary N) is 2. The van der Waals surface area contributed by atoms with E-state index in [0.29, 0.717) is 21.9 Å². The second-order valence-electron chi connectivity index (χ2n) is 7.49. The van der Waals surface area contributed by atoms with E-state index in [-0.39, 0.29) is 12.5 Å². The summed E-state index contributed by atoms with van der Waals surface area (Å²) in [6.07, 6.45) is 0.738. The molecule has 0 aliphatic rings. The van der Waals surface area contributed by atoms with E-state index < -0.39 is 29.9 Å². The molecule has 176 valence electrons. The minimum absolute atomic E-state index is 0.176. The van der Waals surface area contributed by atoms with Crippen LogP contribution in [0.1, 0.15) is 43.6 Å². The van der Waals surface area contributed by atoms with Crippen LogP contribution in [0.15, 0.2) is 53.6 Å². The van der Waals surface area contributed by atoms with Crippen LogP contribution in [-0.4, -0.2) is 42.8 Å². The van der Waals surface area contributed by atoms with Gasteiger partial charge in [0.05, 0.1) is 23.4 Å². The summed E-state index contributed by atoms with van der Waals surface area (Å²) in [6, 6.07) is 12.6. The molecule has 2 aromatic carbocycles. The van der Waals surface area contributed by atoms with E-state index in [9.17, 15) is 14.4 Å². The number of benzene rings is 2. The van der Waals surface area contributed by atoms with Crippen LogP contribution in [0.25, 0.3) is 0 Å². The molecule has 2 unspecified atom stereocenters. The third-order valence-electron chi connectivity index (χ3n) is 4.55. The molecule has 0 saturated carbocycles. The van der Waals surface area contributed by atoms with Gasteiger partial charge in [-0.15, -0.1) is 0 Å². The molecule has 0 aliphatic carbocycles. The van der Waals surface area contributed by atoms with Crippen molar-refractivity contribution in [3.8, 4) is 5.75 Å². The second-order valence-corrected chi connectivity index (χ2v) is 7.90. The van der Waals surface area contributed by atoms with E-state index in [4.69, 9.17) is 21.1 Å². The Hall–Kier alpha value is -3.39. The molecular formula is C24H28ClN3O5. The van der Waals surface area contributed by atoms with Crippen LogP contribution in [-0.2, 0) is 14.3 Å². The maximum atomic E-state index is 12.6. The number of hydrogen-bond acceptors (Lipinski definition) is 6. The fourth-order valence-electron chi connectivity index (χ4n) is 2.78. The Morgan fingerprint density at radius 3 is 2.33 bits per heavy atom. The average molecular weight is 474 g/mol. The van der Waals surface area contributed by atoms with Crippen molar-refractivity contribution in [3.05, 3.63) is 64.7 Å². The van der Waals surface area contributed by atoms with Crippen molar-refractivity contribution in [2.24, 2.45) is 11.0 Å². The molecule has 2 N–H and O–H groups in total. The fraction of sp³-hybridized carbons (Fsp3) is 0.333. The number of hydrogen-bond donors (Lipinski definition) is 2. The molecule has 0 aliphatic heterocycles. The first-order valence-corrected chi connectivity index (χ1v) is 10.9. The number of esters is 1. The molecule has 8 nitrogen and oxygen atoms in total. The van der Waals surface area contributed by atoms with Crippen LogP contribution >= 0.6 is 11.6 Å². The SMILES string of the molecule is CCOC(=O)C(C)Oc1ccc(C=NNC(=O)C(NC(=O)c2ccccc2Cl)C(C)C)cc1. The lowest BCUT2D eigenvalue weighted by molar-refractivity contribution is -0.150. The second kappa shape index (κ2) is 12.6. The molecule has 0 radical (unpaired) electrons. The van der Waals surface area contributed by atoms with Gasteiger partial charge in [-0.1, -0.05) is 37.6 Å². The van der Waals surface area contributed by atoms with Gasteiger partial charge < -0.3 is 14.8 Å². The number of carbonyl (C=O) groups excluding carboxylic acids is 3. The third-order valence-corrected chi connectivity index (χ3v) is 4.88. The summed E-state index contributed by atoms with van der Waals surface area (Å²) in [7, 11) is 0. The zero-order valence-corrected chi connectivity index (χ0v) is 19.8. The maximum absolute atomic E-state index is 12.6. The highest BCUT2D eigenvalue weighted by Gasteiger charge is 2.25. The van der Waals surface area contributed by atoms with Crippen LogP contribution in [0.4, 0.5) is 0 Å². The minimum atomic E-state index is -0.800. The summed E-state index contributed by atoms with van der Waals surface area (Å²) < 4.78 is 10.4. The zero-order valence-electron chi connectivity index (χ0n) is 19.0. The number of ether oxygens (including phenoxy) is 2. The quantitative estimate of drug-likeness (QED) is 0.311. The molecule has 0 spiro atoms. The van der Waals surface area contributed by atoms with Crippen molar-refractivity contribution < 1.29 is 23.9 Å². The Bertz CT molecular complexity index is 992. The molecule has 0 heterocycles. The predicted octanol–water partition coefficient (Wildman–Crippen LogP) is 3.58. The molecule has 0 fully saturated rings. The highest BCUT2D eigenvalue weighted by atomic mass is 35.5. The standard InChI is InChI=1S/C24H28ClN3O5/c1-5-32-24(31)16(4)33-18-12-10-17(11-13-18)14-26-28-23(30)21(15(2)3)27-22(29)19-8-6-7-9-20(19)25/h6-16,21H,5H2,1-4H3,(H,27,29)(H,28,30). The maximum Gasteiger partial charge on any atom is 0.347 e. The Morgan fingerprint density at radius 2 is 1.73 bits per heavy atom. The van der Waals surface area contributed by atoms with Gasteiger partial charge in [0.1, 0.15) is 11.8 Å². The van der Waals surface area contributed by atoms with E-state index in [2.05, 4.69) is 15.8 Å². The zero-order chi connectivity index (χ0) is 24.4. The average Bonchev–Trinajstić information content (AvgIpc) is 2.78. The van der Waals surface area contributed by atoms with Gasteiger partial charge in [-0.05, 0) is 61.7 Å². The third kappa shape index (κ3) is 7.91. The van der Waals surface area contributed by atoms with Gasteiger partial charge in [0, 0.05) is 0 Å². The Labute approximate surface area is 198 Å². The van der Waals surface area contributed by atoms with Crippen LogP contribution < -0.4 is 15.5 Å². The van der Waals surface area contributed by atoms with Gasteiger partial charge in [-0.25, -0.2) is 10.2 Å². The minimum Gasteiger partial charge on any atom is -0.479 e. The van der Waals surface area contributed by atoms with E-state index in [1.807, 2.05) is 13.8 Å². The van der Waals surface area contributed by atoms with E-state index in [1.54, 1.807) is 62.4 Å². The topological polar surface area (TPSA) is 106 Å². The molecule has 0 bridgehead atoms. The monoisotopic (exact) mass is 473 g/mol. The summed E-state index contributed by atoms with van der Waals surface area (Å²) in [5.74, 6) is -1.01. The number of amides is 2. The lowest BCUT2D eigenvalue weighted by Gasteiger charge is -2.20. The van der Waals surface area contributed by atoms with E-state index in [1.165, 1.54) is 6.21 Å². The highest BCUT2D eigenvalue weighted by molar-refractivity contribution is 6.33. The van der Waals surface area contributed by atoms with Crippen LogP contribution in [0.3, 0.4) is 0 Å². The normalized spacial score (nSPS) is 12.8. The molecule has 2 aromatic rings. The van der Waals surface area contributed by atoms with Gasteiger partial charge in [0.25, 0.3) is 11.8 Å². The molecule has 2 rings (SSSR count). The number of carbonyl (C=O) groups is 3. The van der Waals surface area contributed by atoms with Crippen molar-refractivity contribution in [2.75, 3.05) is 6.61 Å². The largest absolute Gasteiger partial charge is 0.479 e. The van der Waals surface area contributed by atoms with Gasteiger partial charge in [-0.3, -0.25) is 9.59 Å². The van der Waals surface area contributed by atoms with Crippen LogP contribution in [0, 0.1) is 5.92 Å². The Kier molecular flexibility index (Phi) is 9.87. The summed E-state index contributed by atoms with van der Waals surface area (Å²) in [4.78, 5) is 36.7. The predicted molar refractivity (Wildman–Crippen MR) is 126 cm³/mol.